The zero-order valence-electron chi connectivity index (χ0n) is 23.8. The van der Waals surface area contributed by atoms with Gasteiger partial charge >= 0.3 is 0 Å². The standard InChI is InChI=1S/C22H25F2N3O2.C6H10FNO.C2H6/c1-3-27-20-7-5-4-6-15(20)12-26(13-22(27)29)21(28)11-17(25)9-16-10-19(24)18(23)8-14(16)2;7-6-1-3-8(5-9)4-2-6;1-2/h4-8,10,17H,3,9,11-13,25H2,1-2H3;5-6H,1-4H2;1-2H3. The van der Waals surface area contributed by atoms with Gasteiger partial charge in [-0.1, -0.05) is 32.0 Å². The van der Waals surface area contributed by atoms with Crippen molar-refractivity contribution in [2.75, 3.05) is 31.1 Å². The topological polar surface area (TPSA) is 87.0 Å². The van der Waals surface area contributed by atoms with Crippen LogP contribution in [0, 0.1) is 18.6 Å². The summed E-state index contributed by atoms with van der Waals surface area (Å²) in [6, 6.07) is 9.21. The molecular formula is C30H41F3N4O3. The normalized spacial score (nSPS) is 16.1. The van der Waals surface area contributed by atoms with E-state index in [-0.39, 0.29) is 31.2 Å². The molecule has 0 radical (unpaired) electrons. The lowest BCUT2D eigenvalue weighted by Gasteiger charge is -2.24. The van der Waals surface area contributed by atoms with E-state index in [1.807, 2.05) is 45.0 Å². The second kappa shape index (κ2) is 16.0. The van der Waals surface area contributed by atoms with Crippen molar-refractivity contribution in [2.45, 2.75) is 72.1 Å². The van der Waals surface area contributed by atoms with Crippen LogP contribution in [0.15, 0.2) is 36.4 Å². The van der Waals surface area contributed by atoms with Crippen LogP contribution in [0.4, 0.5) is 18.9 Å². The molecule has 3 amide bonds. The van der Waals surface area contributed by atoms with E-state index in [4.69, 9.17) is 5.73 Å². The Morgan fingerprint density at radius 1 is 1.10 bits per heavy atom. The fraction of sp³-hybridized carbons (Fsp3) is 0.500. The Hall–Kier alpha value is -3.40. The summed E-state index contributed by atoms with van der Waals surface area (Å²) < 4.78 is 39.2. The molecular weight excluding hydrogens is 521 g/mol. The first-order valence-corrected chi connectivity index (χ1v) is 13.8. The highest BCUT2D eigenvalue weighted by atomic mass is 19.2. The first kappa shape index (κ1) is 32.8. The molecule has 0 aliphatic carbocycles. The van der Waals surface area contributed by atoms with Gasteiger partial charge in [0.1, 0.15) is 12.7 Å². The van der Waals surface area contributed by atoms with Crippen molar-refractivity contribution in [1.82, 2.24) is 9.80 Å². The van der Waals surface area contributed by atoms with E-state index in [1.165, 1.54) is 4.90 Å². The SMILES string of the molecule is CC.CCN1C(=O)CN(C(=O)CC(N)Cc2cc(F)c(F)cc2C)Cc2ccccc21.O=CN1CCC(F)CC1. The van der Waals surface area contributed by atoms with E-state index < -0.39 is 23.8 Å². The monoisotopic (exact) mass is 562 g/mol. The summed E-state index contributed by atoms with van der Waals surface area (Å²) in [4.78, 5) is 40.3. The first-order chi connectivity index (χ1) is 19.1. The van der Waals surface area contributed by atoms with Gasteiger partial charge in [0.25, 0.3) is 0 Å². The molecule has 2 aromatic rings. The van der Waals surface area contributed by atoms with Gasteiger partial charge in [-0.25, -0.2) is 13.2 Å². The number of piperidine rings is 1. The Morgan fingerprint density at radius 2 is 1.73 bits per heavy atom. The predicted molar refractivity (Wildman–Crippen MR) is 150 cm³/mol. The van der Waals surface area contributed by atoms with Crippen LogP contribution in [-0.4, -0.2) is 66.4 Å². The van der Waals surface area contributed by atoms with Crippen LogP contribution < -0.4 is 10.6 Å². The number of alkyl halides is 1. The Labute approximate surface area is 235 Å². The Balaban J connectivity index is 0.000000428. The van der Waals surface area contributed by atoms with E-state index in [1.54, 1.807) is 16.7 Å². The maximum absolute atomic E-state index is 13.5. The molecule has 0 saturated carbocycles. The maximum Gasteiger partial charge on any atom is 0.246 e. The predicted octanol–water partition coefficient (Wildman–Crippen LogP) is 4.53. The fourth-order valence-corrected chi connectivity index (χ4v) is 4.66. The van der Waals surface area contributed by atoms with E-state index >= 15 is 0 Å². The number of benzene rings is 2. The molecule has 4 rings (SSSR count). The highest BCUT2D eigenvalue weighted by Crippen LogP contribution is 2.26. The number of rotatable bonds is 6. The number of para-hydroxylation sites is 1. The van der Waals surface area contributed by atoms with Crippen molar-refractivity contribution in [3.8, 4) is 0 Å². The van der Waals surface area contributed by atoms with E-state index in [2.05, 4.69) is 0 Å². The summed E-state index contributed by atoms with van der Waals surface area (Å²) in [5.74, 6) is -2.22. The van der Waals surface area contributed by atoms with E-state index in [0.29, 0.717) is 50.1 Å². The van der Waals surface area contributed by atoms with Gasteiger partial charge in [0, 0.05) is 44.3 Å². The maximum atomic E-state index is 13.5. The molecule has 1 atom stereocenters. The summed E-state index contributed by atoms with van der Waals surface area (Å²) in [5.41, 5.74) is 9.01. The zero-order chi connectivity index (χ0) is 29.8. The van der Waals surface area contributed by atoms with Crippen LogP contribution >= 0.6 is 0 Å². The lowest BCUT2D eigenvalue weighted by Crippen LogP contribution is -2.42. The molecule has 40 heavy (non-hydrogen) atoms. The molecule has 0 spiro atoms. The van der Waals surface area contributed by atoms with Crippen LogP contribution in [0.2, 0.25) is 0 Å². The number of aryl methyl sites for hydroxylation is 1. The third-order valence-corrected chi connectivity index (χ3v) is 6.85. The number of amides is 3. The van der Waals surface area contributed by atoms with Crippen LogP contribution in [0.3, 0.4) is 0 Å². The minimum atomic E-state index is -0.932. The Morgan fingerprint density at radius 3 is 2.35 bits per heavy atom. The molecule has 0 bridgehead atoms. The molecule has 1 fully saturated rings. The quantitative estimate of drug-likeness (QED) is 0.524. The number of carbonyl (C=O) groups is 3. The summed E-state index contributed by atoms with van der Waals surface area (Å²) in [6.07, 6.45) is 1.39. The van der Waals surface area contributed by atoms with Crippen molar-refractivity contribution in [2.24, 2.45) is 5.73 Å². The van der Waals surface area contributed by atoms with Crippen LogP contribution in [0.1, 0.15) is 56.7 Å². The van der Waals surface area contributed by atoms with Gasteiger partial charge in [0.15, 0.2) is 11.6 Å². The van der Waals surface area contributed by atoms with Crippen LogP contribution in [-0.2, 0) is 27.3 Å². The van der Waals surface area contributed by atoms with Gasteiger partial charge in [0.2, 0.25) is 18.2 Å². The van der Waals surface area contributed by atoms with E-state index in [9.17, 15) is 27.6 Å². The number of anilines is 1. The minimum absolute atomic E-state index is 0.0139. The fourth-order valence-electron chi connectivity index (χ4n) is 4.66. The summed E-state index contributed by atoms with van der Waals surface area (Å²) in [5, 5.41) is 0. The third-order valence-electron chi connectivity index (χ3n) is 6.85. The largest absolute Gasteiger partial charge is 0.345 e. The number of hydrogen-bond donors (Lipinski definition) is 1. The lowest BCUT2D eigenvalue weighted by molar-refractivity contribution is -0.135. The number of nitrogens with zero attached hydrogens (tertiary/aromatic N) is 3. The van der Waals surface area contributed by atoms with Crippen molar-refractivity contribution >= 4 is 23.9 Å². The molecule has 2 aliphatic rings. The van der Waals surface area contributed by atoms with Crippen molar-refractivity contribution in [1.29, 1.82) is 0 Å². The third kappa shape index (κ3) is 9.08. The van der Waals surface area contributed by atoms with Gasteiger partial charge < -0.3 is 20.4 Å². The van der Waals surface area contributed by atoms with Gasteiger partial charge in [-0.15, -0.1) is 0 Å². The Kier molecular flexibility index (Phi) is 13.1. The van der Waals surface area contributed by atoms with Gasteiger partial charge in [-0.2, -0.15) is 0 Å². The van der Waals surface area contributed by atoms with Gasteiger partial charge in [0.05, 0.1) is 0 Å². The number of hydrogen-bond acceptors (Lipinski definition) is 4. The van der Waals surface area contributed by atoms with Crippen molar-refractivity contribution in [3.05, 3.63) is 64.7 Å². The smallest absolute Gasteiger partial charge is 0.246 e. The number of fused-ring (bicyclic) bond motifs is 1. The summed E-state index contributed by atoms with van der Waals surface area (Å²) >= 11 is 0. The van der Waals surface area contributed by atoms with Crippen molar-refractivity contribution in [3.63, 3.8) is 0 Å². The van der Waals surface area contributed by atoms with Gasteiger partial charge in [-0.3, -0.25) is 14.4 Å². The Bertz CT molecular complexity index is 1140. The molecule has 1 saturated heterocycles. The second-order valence-corrected chi connectivity index (χ2v) is 9.69. The molecule has 2 aliphatic heterocycles. The van der Waals surface area contributed by atoms with Gasteiger partial charge in [-0.05, 0) is 68.0 Å². The average Bonchev–Trinajstić information content (AvgIpc) is 3.09. The highest BCUT2D eigenvalue weighted by Gasteiger charge is 2.28. The highest BCUT2D eigenvalue weighted by molar-refractivity contribution is 5.98. The summed E-state index contributed by atoms with van der Waals surface area (Å²) in [7, 11) is 0. The molecule has 10 heteroatoms. The zero-order valence-corrected chi connectivity index (χ0v) is 23.8. The number of carbonyl (C=O) groups excluding carboxylic acids is 3. The number of halogens is 3. The van der Waals surface area contributed by atoms with Crippen LogP contribution in [0.25, 0.3) is 0 Å². The molecule has 0 aromatic heterocycles. The molecule has 2 heterocycles. The minimum Gasteiger partial charge on any atom is -0.345 e. The molecule has 7 nitrogen and oxygen atoms in total. The molecule has 1 unspecified atom stereocenters. The first-order valence-electron chi connectivity index (χ1n) is 13.8. The van der Waals surface area contributed by atoms with E-state index in [0.717, 1.165) is 29.8 Å². The van der Waals surface area contributed by atoms with Crippen LogP contribution in [0.5, 0.6) is 0 Å². The lowest BCUT2D eigenvalue weighted by atomic mass is 9.99. The average molecular weight is 563 g/mol. The molecule has 220 valence electrons. The summed E-state index contributed by atoms with van der Waals surface area (Å²) in [6.45, 7) is 9.58. The number of nitrogens with two attached hydrogens (primary N) is 1. The molecule has 2 aromatic carbocycles. The number of likely N-dealkylation sites (N-methyl/N-ethyl adjacent to an activating group) is 1. The molecule has 2 N–H and O–H groups in total. The van der Waals surface area contributed by atoms with Crippen molar-refractivity contribution < 1.29 is 27.6 Å². The number of likely N-dealkylation sites (tertiary alicyclic amines) is 1. The second-order valence-electron chi connectivity index (χ2n) is 9.69.